The highest BCUT2D eigenvalue weighted by Gasteiger charge is 2.17. The summed E-state index contributed by atoms with van der Waals surface area (Å²) in [7, 11) is 0. The van der Waals surface area contributed by atoms with Crippen LogP contribution in [0.2, 0.25) is 0 Å². The van der Waals surface area contributed by atoms with Crippen molar-refractivity contribution < 1.29 is 4.79 Å². The maximum absolute atomic E-state index is 11.8. The number of carbonyl (C=O) groups excluding carboxylic acids is 1. The lowest BCUT2D eigenvalue weighted by molar-refractivity contribution is -0.122. The average Bonchev–Trinajstić information content (AvgIpc) is 2.82. The zero-order valence-electron chi connectivity index (χ0n) is 11.5. The summed E-state index contributed by atoms with van der Waals surface area (Å²) in [5.74, 6) is 0.418. The van der Waals surface area contributed by atoms with Gasteiger partial charge < -0.3 is 11.1 Å². The number of hydrogen-bond acceptors (Lipinski definition) is 4. The molecular formula is C13H23N5O. The molecule has 1 aromatic rings. The standard InChI is InChI=1S/C13H23N5O/c1-11(17-6-3-2-4-7-17)9-15-13(19)10-18-8-5-12(14)16-18/h5,8,11H,2-4,6-7,9-10H2,1H3,(H2,14,16)(H,15,19). The summed E-state index contributed by atoms with van der Waals surface area (Å²) in [4.78, 5) is 14.2. The SMILES string of the molecule is CC(CNC(=O)Cn1ccc(N)n1)N1CCCCC1. The fourth-order valence-corrected chi connectivity index (χ4v) is 2.42. The van der Waals surface area contributed by atoms with Crippen LogP contribution in [0.4, 0.5) is 5.82 Å². The van der Waals surface area contributed by atoms with E-state index < -0.39 is 0 Å². The number of piperidine rings is 1. The molecule has 0 radical (unpaired) electrons. The van der Waals surface area contributed by atoms with Crippen molar-refractivity contribution in [2.24, 2.45) is 0 Å². The van der Waals surface area contributed by atoms with E-state index in [1.807, 2.05) is 0 Å². The second-order valence-electron chi connectivity index (χ2n) is 5.19. The van der Waals surface area contributed by atoms with E-state index in [1.165, 1.54) is 19.3 Å². The highest BCUT2D eigenvalue weighted by atomic mass is 16.2. The fraction of sp³-hybridized carbons (Fsp3) is 0.692. The Bertz CT molecular complexity index is 411. The summed E-state index contributed by atoms with van der Waals surface area (Å²) in [5, 5.41) is 6.95. The molecule has 0 spiro atoms. The van der Waals surface area contributed by atoms with E-state index in [2.05, 4.69) is 22.2 Å². The Morgan fingerprint density at radius 3 is 2.84 bits per heavy atom. The van der Waals surface area contributed by atoms with E-state index in [4.69, 9.17) is 5.73 Å². The van der Waals surface area contributed by atoms with E-state index in [0.717, 1.165) is 13.1 Å². The molecule has 1 saturated heterocycles. The van der Waals surface area contributed by atoms with Crippen molar-refractivity contribution in [1.29, 1.82) is 0 Å². The minimum atomic E-state index is -0.0213. The maximum atomic E-state index is 11.8. The van der Waals surface area contributed by atoms with Crippen LogP contribution in [-0.4, -0.2) is 46.3 Å². The van der Waals surface area contributed by atoms with E-state index >= 15 is 0 Å². The number of nitrogens with zero attached hydrogens (tertiary/aromatic N) is 3. The van der Waals surface area contributed by atoms with Crippen LogP contribution >= 0.6 is 0 Å². The van der Waals surface area contributed by atoms with Crippen LogP contribution in [0.5, 0.6) is 0 Å². The predicted molar refractivity (Wildman–Crippen MR) is 74.5 cm³/mol. The molecular weight excluding hydrogens is 242 g/mol. The number of nitrogen functional groups attached to an aromatic ring is 1. The van der Waals surface area contributed by atoms with Crippen LogP contribution in [0, 0.1) is 0 Å². The molecule has 0 aliphatic carbocycles. The molecule has 1 atom stereocenters. The number of anilines is 1. The Hall–Kier alpha value is -1.56. The van der Waals surface area contributed by atoms with Crippen LogP contribution in [-0.2, 0) is 11.3 Å². The fourth-order valence-electron chi connectivity index (χ4n) is 2.42. The van der Waals surface area contributed by atoms with Crippen LogP contribution in [0.25, 0.3) is 0 Å². The van der Waals surface area contributed by atoms with Crippen molar-refractivity contribution in [2.45, 2.75) is 38.8 Å². The third-order valence-electron chi connectivity index (χ3n) is 3.58. The highest BCUT2D eigenvalue weighted by Crippen LogP contribution is 2.11. The first-order valence-corrected chi connectivity index (χ1v) is 6.95. The van der Waals surface area contributed by atoms with Gasteiger partial charge in [-0.25, -0.2) is 0 Å². The molecule has 2 heterocycles. The van der Waals surface area contributed by atoms with Gasteiger partial charge in [0.25, 0.3) is 0 Å². The van der Waals surface area contributed by atoms with E-state index in [0.29, 0.717) is 18.4 Å². The van der Waals surface area contributed by atoms with Gasteiger partial charge in [-0.15, -0.1) is 0 Å². The first kappa shape index (κ1) is 13.9. The molecule has 1 aliphatic heterocycles. The Morgan fingerprint density at radius 2 is 2.21 bits per heavy atom. The van der Waals surface area contributed by atoms with Crippen molar-refractivity contribution in [1.82, 2.24) is 20.0 Å². The Kier molecular flexibility index (Phi) is 4.79. The number of likely N-dealkylation sites (tertiary alicyclic amines) is 1. The first-order chi connectivity index (χ1) is 9.15. The quantitative estimate of drug-likeness (QED) is 0.811. The van der Waals surface area contributed by atoms with Gasteiger partial charge in [-0.2, -0.15) is 5.10 Å². The van der Waals surface area contributed by atoms with Crippen LogP contribution < -0.4 is 11.1 Å². The average molecular weight is 265 g/mol. The summed E-state index contributed by atoms with van der Waals surface area (Å²) < 4.78 is 1.55. The van der Waals surface area contributed by atoms with Gasteiger partial charge in [0.05, 0.1) is 0 Å². The molecule has 0 bridgehead atoms. The number of amides is 1. The Morgan fingerprint density at radius 1 is 1.47 bits per heavy atom. The smallest absolute Gasteiger partial charge is 0.241 e. The van der Waals surface area contributed by atoms with Crippen LogP contribution in [0.1, 0.15) is 26.2 Å². The van der Waals surface area contributed by atoms with E-state index in [-0.39, 0.29) is 12.5 Å². The highest BCUT2D eigenvalue weighted by molar-refractivity contribution is 5.75. The lowest BCUT2D eigenvalue weighted by atomic mass is 10.1. The molecule has 1 amide bonds. The lowest BCUT2D eigenvalue weighted by Crippen LogP contribution is -2.45. The number of nitrogens with two attached hydrogens (primary N) is 1. The minimum absolute atomic E-state index is 0.0213. The van der Waals surface area contributed by atoms with E-state index in [9.17, 15) is 4.79 Å². The van der Waals surface area contributed by atoms with Crippen LogP contribution in [0.3, 0.4) is 0 Å². The summed E-state index contributed by atoms with van der Waals surface area (Å²) in [5.41, 5.74) is 5.50. The molecule has 1 fully saturated rings. The summed E-state index contributed by atoms with van der Waals surface area (Å²) in [6, 6.07) is 2.08. The number of aromatic nitrogens is 2. The number of hydrogen-bond donors (Lipinski definition) is 2. The van der Waals surface area contributed by atoms with Gasteiger partial charge in [0.15, 0.2) is 0 Å². The van der Waals surface area contributed by atoms with Crippen molar-refractivity contribution in [2.75, 3.05) is 25.4 Å². The lowest BCUT2D eigenvalue weighted by Gasteiger charge is -2.32. The van der Waals surface area contributed by atoms with Gasteiger partial charge >= 0.3 is 0 Å². The summed E-state index contributed by atoms with van der Waals surface area (Å²) in [6.45, 7) is 5.37. The minimum Gasteiger partial charge on any atom is -0.382 e. The molecule has 2 rings (SSSR count). The van der Waals surface area contributed by atoms with Gasteiger partial charge in [0.2, 0.25) is 5.91 Å². The van der Waals surface area contributed by atoms with Crippen molar-refractivity contribution >= 4 is 11.7 Å². The molecule has 1 unspecified atom stereocenters. The third-order valence-corrected chi connectivity index (χ3v) is 3.58. The zero-order chi connectivity index (χ0) is 13.7. The molecule has 1 aliphatic rings. The molecule has 3 N–H and O–H groups in total. The van der Waals surface area contributed by atoms with Gasteiger partial charge in [0, 0.05) is 18.8 Å². The first-order valence-electron chi connectivity index (χ1n) is 6.95. The van der Waals surface area contributed by atoms with Crippen molar-refractivity contribution in [3.63, 3.8) is 0 Å². The van der Waals surface area contributed by atoms with Crippen LogP contribution in [0.15, 0.2) is 12.3 Å². The monoisotopic (exact) mass is 265 g/mol. The maximum Gasteiger partial charge on any atom is 0.241 e. The number of nitrogens with one attached hydrogen (secondary N) is 1. The molecule has 6 heteroatoms. The third kappa shape index (κ3) is 4.24. The summed E-state index contributed by atoms with van der Waals surface area (Å²) in [6.07, 6.45) is 5.58. The number of rotatable bonds is 5. The largest absolute Gasteiger partial charge is 0.382 e. The molecule has 6 nitrogen and oxygen atoms in total. The van der Waals surface area contributed by atoms with Crippen molar-refractivity contribution in [3.8, 4) is 0 Å². The second kappa shape index (κ2) is 6.56. The second-order valence-corrected chi connectivity index (χ2v) is 5.19. The van der Waals surface area contributed by atoms with E-state index in [1.54, 1.807) is 16.9 Å². The Labute approximate surface area is 113 Å². The van der Waals surface area contributed by atoms with Gasteiger partial charge in [0.1, 0.15) is 12.4 Å². The zero-order valence-corrected chi connectivity index (χ0v) is 11.5. The normalized spacial score (nSPS) is 18.2. The predicted octanol–water partition coefficient (Wildman–Crippen LogP) is 0.456. The van der Waals surface area contributed by atoms with Gasteiger partial charge in [-0.05, 0) is 38.9 Å². The summed E-state index contributed by atoms with van der Waals surface area (Å²) >= 11 is 0. The molecule has 19 heavy (non-hydrogen) atoms. The van der Waals surface area contributed by atoms with Gasteiger partial charge in [-0.1, -0.05) is 6.42 Å². The van der Waals surface area contributed by atoms with Gasteiger partial charge in [-0.3, -0.25) is 14.4 Å². The molecule has 0 saturated carbocycles. The topological polar surface area (TPSA) is 76.2 Å². The number of carbonyl (C=O) groups is 1. The molecule has 1 aromatic heterocycles. The van der Waals surface area contributed by atoms with Crippen molar-refractivity contribution in [3.05, 3.63) is 12.3 Å². The Balaban J connectivity index is 1.70. The molecule has 106 valence electrons. The molecule has 0 aromatic carbocycles.